The number of nitrogens with zero attached hydrogens (tertiary/aromatic N) is 3. The van der Waals surface area contributed by atoms with Crippen molar-refractivity contribution in [3.8, 4) is 5.88 Å². The summed E-state index contributed by atoms with van der Waals surface area (Å²) in [6, 6.07) is 2.59. The van der Waals surface area contributed by atoms with Gasteiger partial charge >= 0.3 is 0 Å². The van der Waals surface area contributed by atoms with E-state index in [0.29, 0.717) is 11.8 Å². The molecule has 1 aliphatic rings. The van der Waals surface area contributed by atoms with Crippen LogP contribution in [0.3, 0.4) is 0 Å². The van der Waals surface area contributed by atoms with Crippen molar-refractivity contribution in [2.24, 2.45) is 0 Å². The summed E-state index contributed by atoms with van der Waals surface area (Å²) in [7, 11) is 0. The van der Waals surface area contributed by atoms with Gasteiger partial charge < -0.3 is 10.1 Å². The minimum absolute atomic E-state index is 0.133. The van der Waals surface area contributed by atoms with E-state index >= 15 is 0 Å². The van der Waals surface area contributed by atoms with Gasteiger partial charge in [-0.2, -0.15) is 4.98 Å². The summed E-state index contributed by atoms with van der Waals surface area (Å²) in [4.78, 5) is 11.0. The van der Waals surface area contributed by atoms with Gasteiger partial charge in [0.25, 0.3) is 0 Å². The Morgan fingerprint density at radius 2 is 2.26 bits per heavy atom. The highest BCUT2D eigenvalue weighted by Crippen LogP contribution is 2.25. The lowest BCUT2D eigenvalue weighted by Gasteiger charge is -2.19. The van der Waals surface area contributed by atoms with Crippen LogP contribution in [-0.2, 0) is 0 Å². The SMILES string of the molecule is CCN(CCNc1nccc(OC(C)C)n1)C1CC1. The maximum atomic E-state index is 5.55. The fraction of sp³-hybridized carbons (Fsp3) is 0.714. The van der Waals surface area contributed by atoms with Crippen LogP contribution in [0, 0.1) is 0 Å². The molecule has 1 aliphatic carbocycles. The third-order valence-corrected chi connectivity index (χ3v) is 3.14. The molecule has 5 heteroatoms. The van der Waals surface area contributed by atoms with Crippen LogP contribution in [0.5, 0.6) is 5.88 Å². The first-order valence-corrected chi connectivity index (χ1v) is 7.16. The zero-order valence-corrected chi connectivity index (χ0v) is 12.1. The second-order valence-corrected chi connectivity index (χ2v) is 5.17. The highest BCUT2D eigenvalue weighted by Gasteiger charge is 2.27. The lowest BCUT2D eigenvalue weighted by molar-refractivity contribution is 0.232. The van der Waals surface area contributed by atoms with Crippen LogP contribution in [0.4, 0.5) is 5.95 Å². The molecule has 1 aromatic heterocycles. The molecule has 106 valence electrons. The number of hydrogen-bond donors (Lipinski definition) is 1. The Labute approximate surface area is 115 Å². The number of aromatic nitrogens is 2. The molecule has 0 aromatic carbocycles. The fourth-order valence-corrected chi connectivity index (χ4v) is 2.08. The highest BCUT2D eigenvalue weighted by molar-refractivity contribution is 5.27. The normalized spacial score (nSPS) is 15.0. The summed E-state index contributed by atoms with van der Waals surface area (Å²) in [6.07, 6.45) is 4.56. The first kappa shape index (κ1) is 14.1. The van der Waals surface area contributed by atoms with Gasteiger partial charge in [-0.25, -0.2) is 4.98 Å². The summed E-state index contributed by atoms with van der Waals surface area (Å²) in [6.45, 7) is 9.22. The van der Waals surface area contributed by atoms with Gasteiger partial charge in [-0.3, -0.25) is 4.90 Å². The predicted molar refractivity (Wildman–Crippen MR) is 76.6 cm³/mol. The Morgan fingerprint density at radius 3 is 2.89 bits per heavy atom. The minimum atomic E-state index is 0.133. The Morgan fingerprint density at radius 1 is 1.47 bits per heavy atom. The molecule has 0 amide bonds. The summed E-state index contributed by atoms with van der Waals surface area (Å²) in [5, 5.41) is 3.26. The smallest absolute Gasteiger partial charge is 0.225 e. The van der Waals surface area contributed by atoms with Gasteiger partial charge in [0.2, 0.25) is 11.8 Å². The second-order valence-electron chi connectivity index (χ2n) is 5.17. The van der Waals surface area contributed by atoms with Gasteiger partial charge in [0.05, 0.1) is 6.10 Å². The molecule has 0 radical (unpaired) electrons. The monoisotopic (exact) mass is 264 g/mol. The average molecular weight is 264 g/mol. The van der Waals surface area contributed by atoms with Crippen molar-refractivity contribution in [1.82, 2.24) is 14.9 Å². The van der Waals surface area contributed by atoms with Crippen molar-refractivity contribution in [2.75, 3.05) is 25.0 Å². The molecule has 0 aliphatic heterocycles. The van der Waals surface area contributed by atoms with Crippen LogP contribution in [0.1, 0.15) is 33.6 Å². The van der Waals surface area contributed by atoms with E-state index in [1.54, 1.807) is 12.3 Å². The molecule has 1 fully saturated rings. The molecular weight excluding hydrogens is 240 g/mol. The average Bonchev–Trinajstić information content (AvgIpc) is 3.18. The third-order valence-electron chi connectivity index (χ3n) is 3.14. The molecule has 1 aromatic rings. The van der Waals surface area contributed by atoms with Crippen molar-refractivity contribution < 1.29 is 4.74 Å². The van der Waals surface area contributed by atoms with Crippen LogP contribution < -0.4 is 10.1 Å². The Hall–Kier alpha value is -1.36. The van der Waals surface area contributed by atoms with E-state index in [4.69, 9.17) is 4.74 Å². The third kappa shape index (κ3) is 4.67. The summed E-state index contributed by atoms with van der Waals surface area (Å²) in [5.41, 5.74) is 0. The lowest BCUT2D eigenvalue weighted by Crippen LogP contribution is -2.31. The van der Waals surface area contributed by atoms with E-state index < -0.39 is 0 Å². The van der Waals surface area contributed by atoms with Crippen LogP contribution >= 0.6 is 0 Å². The summed E-state index contributed by atoms with van der Waals surface area (Å²) >= 11 is 0. The van der Waals surface area contributed by atoms with Crippen molar-refractivity contribution >= 4 is 5.95 Å². The quantitative estimate of drug-likeness (QED) is 0.779. The summed E-state index contributed by atoms with van der Waals surface area (Å²) in [5.74, 6) is 1.27. The molecule has 0 unspecified atom stereocenters. The first-order valence-electron chi connectivity index (χ1n) is 7.16. The zero-order chi connectivity index (χ0) is 13.7. The van der Waals surface area contributed by atoms with Crippen molar-refractivity contribution in [3.05, 3.63) is 12.3 Å². The molecule has 5 nitrogen and oxygen atoms in total. The van der Waals surface area contributed by atoms with Gasteiger partial charge in [0.15, 0.2) is 0 Å². The van der Waals surface area contributed by atoms with Crippen molar-refractivity contribution in [2.45, 2.75) is 45.8 Å². The van der Waals surface area contributed by atoms with Gasteiger partial charge in [0, 0.05) is 31.4 Å². The molecule has 1 heterocycles. The van der Waals surface area contributed by atoms with Crippen LogP contribution in [0.15, 0.2) is 12.3 Å². The summed E-state index contributed by atoms with van der Waals surface area (Å²) < 4.78 is 5.55. The number of anilines is 1. The van der Waals surface area contributed by atoms with E-state index in [2.05, 4.69) is 27.1 Å². The van der Waals surface area contributed by atoms with E-state index in [1.807, 2.05) is 13.8 Å². The lowest BCUT2D eigenvalue weighted by atomic mass is 10.4. The standard InChI is InChI=1S/C14H24N4O/c1-4-18(12-5-6-12)10-9-16-14-15-8-7-13(17-14)19-11(2)3/h7-8,11-12H,4-6,9-10H2,1-3H3,(H,15,16,17). The number of likely N-dealkylation sites (N-methyl/N-ethyl adjacent to an activating group) is 1. The molecule has 0 bridgehead atoms. The van der Waals surface area contributed by atoms with Crippen molar-refractivity contribution in [1.29, 1.82) is 0 Å². The molecule has 0 spiro atoms. The number of ether oxygens (including phenoxy) is 1. The molecule has 2 rings (SSSR count). The molecule has 1 N–H and O–H groups in total. The van der Waals surface area contributed by atoms with Crippen LogP contribution in [0.25, 0.3) is 0 Å². The number of rotatable bonds is 8. The largest absolute Gasteiger partial charge is 0.475 e. The predicted octanol–water partition coefficient (Wildman–Crippen LogP) is 2.16. The minimum Gasteiger partial charge on any atom is -0.475 e. The molecule has 19 heavy (non-hydrogen) atoms. The second kappa shape index (κ2) is 6.70. The number of nitrogens with one attached hydrogen (secondary N) is 1. The van der Waals surface area contributed by atoms with E-state index in [0.717, 1.165) is 25.7 Å². The Balaban J connectivity index is 1.78. The maximum Gasteiger partial charge on any atom is 0.225 e. The molecule has 1 saturated carbocycles. The highest BCUT2D eigenvalue weighted by atomic mass is 16.5. The Bertz CT molecular complexity index is 393. The van der Waals surface area contributed by atoms with E-state index in [1.165, 1.54) is 12.8 Å². The van der Waals surface area contributed by atoms with Gasteiger partial charge in [-0.15, -0.1) is 0 Å². The maximum absolute atomic E-state index is 5.55. The van der Waals surface area contributed by atoms with Gasteiger partial charge in [-0.1, -0.05) is 6.92 Å². The van der Waals surface area contributed by atoms with Crippen molar-refractivity contribution in [3.63, 3.8) is 0 Å². The molecular formula is C14H24N4O. The molecule has 0 saturated heterocycles. The van der Waals surface area contributed by atoms with E-state index in [-0.39, 0.29) is 6.10 Å². The number of hydrogen-bond acceptors (Lipinski definition) is 5. The van der Waals surface area contributed by atoms with E-state index in [9.17, 15) is 0 Å². The Kier molecular flexibility index (Phi) is 4.96. The fourth-order valence-electron chi connectivity index (χ4n) is 2.08. The molecule has 0 atom stereocenters. The topological polar surface area (TPSA) is 50.3 Å². The van der Waals surface area contributed by atoms with Crippen LogP contribution in [-0.4, -0.2) is 46.6 Å². The first-order chi connectivity index (χ1) is 9.19. The zero-order valence-electron chi connectivity index (χ0n) is 12.1. The van der Waals surface area contributed by atoms with Crippen LogP contribution in [0.2, 0.25) is 0 Å². The van der Waals surface area contributed by atoms with Gasteiger partial charge in [0.1, 0.15) is 0 Å². The van der Waals surface area contributed by atoms with Gasteiger partial charge in [-0.05, 0) is 33.2 Å².